The Hall–Kier alpha value is -2.12. The van der Waals surface area contributed by atoms with E-state index in [0.29, 0.717) is 35.8 Å². The quantitative estimate of drug-likeness (QED) is 0.416. The summed E-state index contributed by atoms with van der Waals surface area (Å²) in [4.78, 5) is 12.1. The lowest BCUT2D eigenvalue weighted by Gasteiger charge is -2.57. The molecule has 37 heavy (non-hydrogen) atoms. The normalized spacial score (nSPS) is 34.8. The summed E-state index contributed by atoms with van der Waals surface area (Å²) in [5.74, 6) is 4.87. The lowest BCUT2D eigenvalue weighted by atomic mass is 9.48. The molecule has 2 N–H and O–H groups in total. The van der Waals surface area contributed by atoms with E-state index in [0.717, 1.165) is 44.1 Å². The molecule has 4 aliphatic rings. The van der Waals surface area contributed by atoms with E-state index in [1.807, 2.05) is 46.8 Å². The van der Waals surface area contributed by atoms with Gasteiger partial charge < -0.3 is 10.4 Å². The van der Waals surface area contributed by atoms with Crippen molar-refractivity contribution in [2.75, 3.05) is 5.32 Å². The Morgan fingerprint density at radius 3 is 2.46 bits per heavy atom. The van der Waals surface area contributed by atoms with Crippen LogP contribution in [-0.4, -0.2) is 23.0 Å². The molecule has 5 rings (SSSR count). The highest BCUT2D eigenvalue weighted by Gasteiger charge is 2.59. The largest absolute Gasteiger partial charge is 0.393 e. The van der Waals surface area contributed by atoms with Crippen LogP contribution in [0, 0.1) is 52.7 Å². The lowest BCUT2D eigenvalue weighted by Crippen LogP contribution is -2.50. The maximum absolute atomic E-state index is 15.0. The van der Waals surface area contributed by atoms with E-state index in [4.69, 9.17) is 6.42 Å². The van der Waals surface area contributed by atoms with Crippen LogP contribution in [0.2, 0.25) is 0 Å². The van der Waals surface area contributed by atoms with Crippen LogP contribution in [0.15, 0.2) is 29.8 Å². The first kappa shape index (κ1) is 27.9. The molecule has 202 valence electrons. The molecule has 1 aromatic rings. The molecule has 0 amide bonds. The van der Waals surface area contributed by atoms with Gasteiger partial charge in [-0.25, -0.2) is 4.39 Å². The van der Waals surface area contributed by atoms with E-state index >= 15 is 4.39 Å². The van der Waals surface area contributed by atoms with Crippen molar-refractivity contribution in [2.45, 2.75) is 105 Å². The number of carbonyl (C=O) groups is 1. The van der Waals surface area contributed by atoms with Crippen molar-refractivity contribution in [2.24, 2.45) is 34.5 Å². The molecule has 0 heterocycles. The van der Waals surface area contributed by atoms with E-state index in [9.17, 15) is 9.90 Å². The highest BCUT2D eigenvalue weighted by molar-refractivity contribution is 5.91. The van der Waals surface area contributed by atoms with Crippen LogP contribution in [0.3, 0.4) is 0 Å². The number of hydrogen-bond donors (Lipinski definition) is 2. The second-order valence-electron chi connectivity index (χ2n) is 13.6. The van der Waals surface area contributed by atoms with Gasteiger partial charge in [0.05, 0.1) is 11.8 Å². The average Bonchev–Trinajstić information content (AvgIpc) is 3.13. The fourth-order valence-corrected chi connectivity index (χ4v) is 7.81. The number of anilines is 1. The van der Waals surface area contributed by atoms with E-state index in [1.165, 1.54) is 5.57 Å². The predicted octanol–water partition coefficient (Wildman–Crippen LogP) is 7.51. The molecule has 4 aliphatic carbocycles. The minimum absolute atomic E-state index is 0.0694. The molecule has 0 saturated heterocycles. The van der Waals surface area contributed by atoms with Crippen LogP contribution in [0.25, 0.3) is 0 Å². The fraction of sp³-hybridized carbons (Fsp3) is 0.667. The minimum atomic E-state index is -0.266. The molecule has 0 bridgehead atoms. The average molecular weight is 508 g/mol. The Balaban J connectivity index is 0.000000480. The zero-order valence-electron chi connectivity index (χ0n) is 23.6. The molecule has 7 unspecified atom stereocenters. The Kier molecular flexibility index (Phi) is 7.97. The maximum Gasteiger partial charge on any atom is 0.155 e. The number of nitrogens with one attached hydrogen (secondary N) is 1. The van der Waals surface area contributed by atoms with E-state index in [1.54, 1.807) is 6.07 Å². The monoisotopic (exact) mass is 507 g/mol. The summed E-state index contributed by atoms with van der Waals surface area (Å²) >= 11 is 0. The zero-order valence-corrected chi connectivity index (χ0v) is 23.6. The molecular formula is C33H46FNO2. The van der Waals surface area contributed by atoms with Gasteiger partial charge in [0, 0.05) is 17.9 Å². The van der Waals surface area contributed by atoms with Crippen molar-refractivity contribution in [1.82, 2.24) is 0 Å². The summed E-state index contributed by atoms with van der Waals surface area (Å²) in [6, 6.07) is 5.91. The third kappa shape index (κ3) is 5.68. The van der Waals surface area contributed by atoms with Gasteiger partial charge in [0.25, 0.3) is 0 Å². The molecule has 0 aliphatic heterocycles. The summed E-state index contributed by atoms with van der Waals surface area (Å²) in [5, 5.41) is 14.2. The highest BCUT2D eigenvalue weighted by Crippen LogP contribution is 2.65. The Morgan fingerprint density at radius 1 is 1.14 bits per heavy atom. The number of benzene rings is 1. The maximum atomic E-state index is 15.0. The van der Waals surface area contributed by atoms with Crippen LogP contribution in [-0.2, 0) is 4.79 Å². The van der Waals surface area contributed by atoms with Crippen LogP contribution in [0.5, 0.6) is 0 Å². The minimum Gasteiger partial charge on any atom is -0.393 e. The fourth-order valence-electron chi connectivity index (χ4n) is 7.81. The van der Waals surface area contributed by atoms with Crippen LogP contribution in [0.4, 0.5) is 10.1 Å². The highest BCUT2D eigenvalue weighted by atomic mass is 19.1. The first-order valence-electron chi connectivity index (χ1n) is 14.3. The Labute approximate surface area is 223 Å². The molecular weight excluding hydrogens is 461 g/mol. The number of hydrogen-bond acceptors (Lipinski definition) is 3. The third-order valence-corrected chi connectivity index (χ3v) is 9.55. The van der Waals surface area contributed by atoms with E-state index < -0.39 is 0 Å². The number of rotatable bonds is 3. The predicted molar refractivity (Wildman–Crippen MR) is 150 cm³/mol. The molecule has 0 aromatic heterocycles. The molecule has 4 heteroatoms. The summed E-state index contributed by atoms with van der Waals surface area (Å²) < 4.78 is 15.0. The van der Waals surface area contributed by atoms with Gasteiger partial charge in [-0.3, -0.25) is 4.79 Å². The smallest absolute Gasteiger partial charge is 0.155 e. The van der Waals surface area contributed by atoms with Gasteiger partial charge in [-0.2, -0.15) is 0 Å². The number of halogens is 1. The van der Waals surface area contributed by atoms with Crippen molar-refractivity contribution in [3.63, 3.8) is 0 Å². The SMILES string of the molecule is C#CC(C)(C)C.CC(C)Nc1ccc(C2CC3(C)C(O)CCC3C3CCC4=CC(=O)CCC4C23)cc1F. The molecule has 7 atom stereocenters. The number of carbonyl (C=O) groups excluding carboxylic acids is 1. The number of allylic oxidation sites excluding steroid dienone is 1. The standard InChI is InChI=1S/C27H36FNO2.C6H10/c1-15(2)29-24-10-5-17(13-23(24)28)21-14-27(3)22(9-11-25(27)31)20-7-4-16-12-18(30)6-8-19(16)26(20)21;1-5-6(2,3)4/h5,10,12-13,15,19-22,25-26,29,31H,4,6-9,11,14H2,1-3H3;1H,2-4H3. The summed E-state index contributed by atoms with van der Waals surface area (Å²) in [6.45, 7) is 12.3. The van der Waals surface area contributed by atoms with Crippen molar-refractivity contribution in [3.8, 4) is 12.3 Å². The topological polar surface area (TPSA) is 49.3 Å². The number of fused-ring (bicyclic) bond motifs is 5. The van der Waals surface area contributed by atoms with E-state index in [2.05, 4.69) is 24.2 Å². The van der Waals surface area contributed by atoms with Crippen LogP contribution >= 0.6 is 0 Å². The molecule has 3 saturated carbocycles. The van der Waals surface area contributed by atoms with Gasteiger partial charge in [-0.05, 0) is 132 Å². The zero-order chi connectivity index (χ0) is 27.1. The number of aliphatic hydroxyl groups excluding tert-OH is 1. The first-order valence-corrected chi connectivity index (χ1v) is 14.3. The number of terminal acetylenes is 1. The van der Waals surface area contributed by atoms with Gasteiger partial charge in [0.15, 0.2) is 5.78 Å². The first-order chi connectivity index (χ1) is 17.3. The second kappa shape index (κ2) is 10.6. The van der Waals surface area contributed by atoms with E-state index in [-0.39, 0.29) is 40.5 Å². The third-order valence-electron chi connectivity index (χ3n) is 9.55. The molecule has 3 fully saturated rings. The van der Waals surface area contributed by atoms with Crippen molar-refractivity contribution >= 4 is 11.5 Å². The summed E-state index contributed by atoms with van der Waals surface area (Å²) in [5.41, 5.74) is 2.94. The van der Waals surface area contributed by atoms with Gasteiger partial charge in [-0.15, -0.1) is 12.3 Å². The van der Waals surface area contributed by atoms with Crippen LogP contribution in [0.1, 0.15) is 98.0 Å². The molecule has 3 nitrogen and oxygen atoms in total. The van der Waals surface area contributed by atoms with Crippen molar-refractivity contribution in [1.29, 1.82) is 0 Å². The lowest BCUT2D eigenvalue weighted by molar-refractivity contribution is -0.116. The van der Waals surface area contributed by atoms with Crippen molar-refractivity contribution in [3.05, 3.63) is 41.2 Å². The second-order valence-corrected chi connectivity index (χ2v) is 13.6. The van der Waals surface area contributed by atoms with Crippen LogP contribution < -0.4 is 5.32 Å². The van der Waals surface area contributed by atoms with Gasteiger partial charge in [0.1, 0.15) is 5.82 Å². The van der Waals surface area contributed by atoms with Gasteiger partial charge in [-0.1, -0.05) is 18.6 Å². The molecule has 1 aromatic carbocycles. The Morgan fingerprint density at radius 2 is 1.84 bits per heavy atom. The number of aliphatic hydroxyl groups is 1. The Bertz CT molecular complexity index is 1080. The summed E-state index contributed by atoms with van der Waals surface area (Å²) in [7, 11) is 0. The van der Waals surface area contributed by atoms with Gasteiger partial charge >= 0.3 is 0 Å². The van der Waals surface area contributed by atoms with Crippen molar-refractivity contribution < 1.29 is 14.3 Å². The molecule has 0 spiro atoms. The summed E-state index contributed by atoms with van der Waals surface area (Å²) in [6.07, 6.45) is 13.3. The number of ketones is 1. The van der Waals surface area contributed by atoms with Gasteiger partial charge in [0.2, 0.25) is 0 Å². The molecule has 0 radical (unpaired) electrons.